The second-order valence-corrected chi connectivity index (χ2v) is 4.67. The van der Waals surface area contributed by atoms with E-state index in [-0.39, 0.29) is 5.91 Å². The van der Waals surface area contributed by atoms with Gasteiger partial charge in [0.1, 0.15) is 11.5 Å². The maximum absolute atomic E-state index is 11.9. The summed E-state index contributed by atoms with van der Waals surface area (Å²) in [6.07, 6.45) is 2.57. The zero-order chi connectivity index (χ0) is 13.7. The first kappa shape index (κ1) is 13.8. The number of carbonyl (C=O) groups excluding carboxylic acids is 1. The van der Waals surface area contributed by atoms with Crippen LogP contribution in [0.3, 0.4) is 0 Å². The van der Waals surface area contributed by atoms with Gasteiger partial charge in [-0.1, -0.05) is 13.0 Å². The summed E-state index contributed by atoms with van der Waals surface area (Å²) in [5, 5.41) is 2.89. The molecule has 0 bridgehead atoms. The van der Waals surface area contributed by atoms with Gasteiger partial charge in [0.05, 0.1) is 0 Å². The molecular weight excluding hydrogens is 242 g/mol. The maximum Gasteiger partial charge on any atom is 0.270 e. The minimum absolute atomic E-state index is 0.163. The molecule has 0 saturated heterocycles. The van der Waals surface area contributed by atoms with Crippen LogP contribution in [0.2, 0.25) is 0 Å². The zero-order valence-electron chi connectivity index (χ0n) is 11.2. The molecule has 0 spiro atoms. The average Bonchev–Trinajstić information content (AvgIpc) is 3.28. The standard InChI is InChI=1S/C13H21N5O/c1-2-18(10-6-7-10)9-8-15-13(19)11-4-3-5-12(16-11)17-14/h3-5,10H,2,6-9,14H2,1H3,(H,15,19)(H,16,17). The first-order valence-electron chi connectivity index (χ1n) is 6.70. The molecule has 2 rings (SSSR count). The lowest BCUT2D eigenvalue weighted by Gasteiger charge is -2.19. The lowest BCUT2D eigenvalue weighted by atomic mass is 10.3. The highest BCUT2D eigenvalue weighted by Gasteiger charge is 2.27. The van der Waals surface area contributed by atoms with Crippen molar-refractivity contribution in [2.24, 2.45) is 5.84 Å². The molecule has 104 valence electrons. The van der Waals surface area contributed by atoms with E-state index in [1.807, 2.05) is 0 Å². The number of carbonyl (C=O) groups is 1. The summed E-state index contributed by atoms with van der Waals surface area (Å²) >= 11 is 0. The average molecular weight is 263 g/mol. The summed E-state index contributed by atoms with van der Waals surface area (Å²) in [4.78, 5) is 18.4. The fraction of sp³-hybridized carbons (Fsp3) is 0.538. The van der Waals surface area contributed by atoms with Gasteiger partial charge in [-0.05, 0) is 31.5 Å². The monoisotopic (exact) mass is 263 g/mol. The number of hydrazine groups is 1. The topological polar surface area (TPSA) is 83.3 Å². The molecule has 1 heterocycles. The Hall–Kier alpha value is -1.66. The number of amides is 1. The van der Waals surface area contributed by atoms with Gasteiger partial charge in [-0.3, -0.25) is 9.69 Å². The van der Waals surface area contributed by atoms with E-state index in [1.165, 1.54) is 12.8 Å². The number of nitrogens with two attached hydrogens (primary N) is 1. The number of nitrogens with one attached hydrogen (secondary N) is 2. The number of hydrogen-bond acceptors (Lipinski definition) is 5. The third kappa shape index (κ3) is 3.90. The van der Waals surface area contributed by atoms with Gasteiger partial charge in [0, 0.05) is 19.1 Å². The predicted octanol–water partition coefficient (Wildman–Crippen LogP) is 0.581. The van der Waals surface area contributed by atoms with Crippen molar-refractivity contribution >= 4 is 11.7 Å². The molecule has 1 saturated carbocycles. The Morgan fingerprint density at radius 2 is 2.32 bits per heavy atom. The van der Waals surface area contributed by atoms with Crippen molar-refractivity contribution in [3.63, 3.8) is 0 Å². The van der Waals surface area contributed by atoms with Crippen LogP contribution in [-0.2, 0) is 0 Å². The van der Waals surface area contributed by atoms with Crippen LogP contribution in [0.15, 0.2) is 18.2 Å². The zero-order valence-corrected chi connectivity index (χ0v) is 11.2. The third-order valence-electron chi connectivity index (χ3n) is 3.28. The van der Waals surface area contributed by atoms with Crippen LogP contribution in [0.5, 0.6) is 0 Å². The Bertz CT molecular complexity index is 433. The highest BCUT2D eigenvalue weighted by atomic mass is 16.1. The molecule has 0 radical (unpaired) electrons. The maximum atomic E-state index is 11.9. The summed E-state index contributed by atoms with van der Waals surface area (Å²) in [6.45, 7) is 4.72. The summed E-state index contributed by atoms with van der Waals surface area (Å²) < 4.78 is 0. The third-order valence-corrected chi connectivity index (χ3v) is 3.28. The predicted molar refractivity (Wildman–Crippen MR) is 74.6 cm³/mol. The van der Waals surface area contributed by atoms with E-state index in [0.717, 1.165) is 19.1 Å². The van der Waals surface area contributed by atoms with Crippen LogP contribution in [0.25, 0.3) is 0 Å². The summed E-state index contributed by atoms with van der Waals surface area (Å²) in [5.41, 5.74) is 2.81. The number of hydrogen-bond donors (Lipinski definition) is 3. The molecule has 1 fully saturated rings. The lowest BCUT2D eigenvalue weighted by Crippen LogP contribution is -2.36. The number of aromatic nitrogens is 1. The minimum Gasteiger partial charge on any atom is -0.349 e. The van der Waals surface area contributed by atoms with E-state index in [1.54, 1.807) is 18.2 Å². The second kappa shape index (κ2) is 6.49. The van der Waals surface area contributed by atoms with Gasteiger partial charge in [0.2, 0.25) is 0 Å². The van der Waals surface area contributed by atoms with Crippen molar-refractivity contribution in [2.45, 2.75) is 25.8 Å². The van der Waals surface area contributed by atoms with Crippen molar-refractivity contribution in [1.82, 2.24) is 15.2 Å². The van der Waals surface area contributed by atoms with Crippen LogP contribution in [-0.4, -0.2) is 41.5 Å². The van der Waals surface area contributed by atoms with Gasteiger partial charge in [0.15, 0.2) is 0 Å². The first-order valence-corrected chi connectivity index (χ1v) is 6.70. The van der Waals surface area contributed by atoms with E-state index in [0.29, 0.717) is 18.1 Å². The van der Waals surface area contributed by atoms with Gasteiger partial charge >= 0.3 is 0 Å². The molecule has 0 aliphatic heterocycles. The van der Waals surface area contributed by atoms with Crippen LogP contribution >= 0.6 is 0 Å². The van der Waals surface area contributed by atoms with Crippen molar-refractivity contribution in [3.8, 4) is 0 Å². The molecule has 6 heteroatoms. The van der Waals surface area contributed by atoms with Crippen molar-refractivity contribution in [1.29, 1.82) is 0 Å². The summed E-state index contributed by atoms with van der Waals surface area (Å²) in [5.74, 6) is 5.59. The molecule has 1 aliphatic carbocycles. The number of nitrogen functional groups attached to an aromatic ring is 1. The lowest BCUT2D eigenvalue weighted by molar-refractivity contribution is 0.0943. The van der Waals surface area contributed by atoms with E-state index < -0.39 is 0 Å². The van der Waals surface area contributed by atoms with Gasteiger partial charge in [0.25, 0.3) is 5.91 Å². The summed E-state index contributed by atoms with van der Waals surface area (Å²) in [6, 6.07) is 5.86. The Kier molecular flexibility index (Phi) is 4.70. The molecule has 6 nitrogen and oxygen atoms in total. The fourth-order valence-electron chi connectivity index (χ4n) is 2.08. The van der Waals surface area contributed by atoms with E-state index in [9.17, 15) is 4.79 Å². The van der Waals surface area contributed by atoms with Crippen LogP contribution in [0.1, 0.15) is 30.3 Å². The number of likely N-dealkylation sites (N-methyl/N-ethyl adjacent to an activating group) is 1. The molecule has 1 aromatic heterocycles. The molecular formula is C13H21N5O. The molecule has 19 heavy (non-hydrogen) atoms. The highest BCUT2D eigenvalue weighted by molar-refractivity contribution is 5.92. The quantitative estimate of drug-likeness (QED) is 0.495. The highest BCUT2D eigenvalue weighted by Crippen LogP contribution is 2.25. The molecule has 1 aliphatic rings. The van der Waals surface area contributed by atoms with E-state index >= 15 is 0 Å². The SMILES string of the molecule is CCN(CCNC(=O)c1cccc(NN)n1)C1CC1. The number of nitrogens with zero attached hydrogens (tertiary/aromatic N) is 2. The van der Waals surface area contributed by atoms with Gasteiger partial charge in [-0.2, -0.15) is 0 Å². The Morgan fingerprint density at radius 3 is 2.95 bits per heavy atom. The smallest absolute Gasteiger partial charge is 0.270 e. The molecule has 4 N–H and O–H groups in total. The van der Waals surface area contributed by atoms with E-state index in [2.05, 4.69) is 27.6 Å². The largest absolute Gasteiger partial charge is 0.349 e. The second-order valence-electron chi connectivity index (χ2n) is 4.67. The normalized spacial score (nSPS) is 14.5. The van der Waals surface area contributed by atoms with Crippen LogP contribution < -0.4 is 16.6 Å². The van der Waals surface area contributed by atoms with Crippen LogP contribution in [0, 0.1) is 0 Å². The number of rotatable bonds is 7. The Balaban J connectivity index is 1.79. The van der Waals surface area contributed by atoms with Gasteiger partial charge in [-0.15, -0.1) is 0 Å². The van der Waals surface area contributed by atoms with Gasteiger partial charge in [-0.25, -0.2) is 10.8 Å². The summed E-state index contributed by atoms with van der Waals surface area (Å²) in [7, 11) is 0. The van der Waals surface area contributed by atoms with Crippen LogP contribution in [0.4, 0.5) is 5.82 Å². The molecule has 1 amide bonds. The van der Waals surface area contributed by atoms with E-state index in [4.69, 9.17) is 5.84 Å². The number of anilines is 1. The van der Waals surface area contributed by atoms with Crippen molar-refractivity contribution < 1.29 is 4.79 Å². The van der Waals surface area contributed by atoms with Crippen molar-refractivity contribution in [3.05, 3.63) is 23.9 Å². The first-order chi connectivity index (χ1) is 9.24. The molecule has 0 atom stereocenters. The molecule has 1 aromatic rings. The fourth-order valence-corrected chi connectivity index (χ4v) is 2.08. The van der Waals surface area contributed by atoms with Gasteiger partial charge < -0.3 is 10.7 Å². The Morgan fingerprint density at radius 1 is 1.53 bits per heavy atom. The Labute approximate surface area is 113 Å². The molecule has 0 unspecified atom stereocenters. The number of pyridine rings is 1. The minimum atomic E-state index is -0.163. The molecule has 0 aromatic carbocycles. The van der Waals surface area contributed by atoms with Crippen molar-refractivity contribution in [2.75, 3.05) is 25.1 Å².